The van der Waals surface area contributed by atoms with Gasteiger partial charge in [0.2, 0.25) is 10.0 Å². The van der Waals surface area contributed by atoms with E-state index >= 15 is 0 Å². The summed E-state index contributed by atoms with van der Waals surface area (Å²) in [5, 5.41) is 0.453. The molecule has 1 N–H and O–H groups in total. The van der Waals surface area contributed by atoms with E-state index < -0.39 is 10.0 Å². The largest absolute Gasteiger partial charge is 0.245 e. The minimum atomic E-state index is -3.60. The minimum Gasteiger partial charge on any atom is -0.245 e. The first-order chi connectivity index (χ1) is 8.99. The number of sulfonamides is 1. The van der Waals surface area contributed by atoms with Gasteiger partial charge in [-0.3, -0.25) is 0 Å². The van der Waals surface area contributed by atoms with Crippen molar-refractivity contribution in [3.63, 3.8) is 0 Å². The predicted octanol–water partition coefficient (Wildman–Crippen LogP) is 2.37. The molecule has 0 spiro atoms. The molecule has 0 atom stereocenters. The molecule has 0 saturated heterocycles. The number of benzene rings is 1. The van der Waals surface area contributed by atoms with Gasteiger partial charge in [-0.2, -0.15) is 0 Å². The molecule has 5 nitrogen and oxygen atoms in total. The van der Waals surface area contributed by atoms with E-state index in [1.54, 1.807) is 12.3 Å². The Labute approximate surface area is 124 Å². The van der Waals surface area contributed by atoms with Crippen LogP contribution in [-0.4, -0.2) is 18.4 Å². The van der Waals surface area contributed by atoms with Crippen molar-refractivity contribution in [3.8, 4) is 0 Å². The molecule has 19 heavy (non-hydrogen) atoms. The first-order valence-corrected chi connectivity index (χ1v) is 7.84. The molecule has 0 bridgehead atoms. The Hall–Kier alpha value is -1.02. The lowest BCUT2D eigenvalue weighted by molar-refractivity contribution is 0.580. The van der Waals surface area contributed by atoms with Gasteiger partial charge in [0, 0.05) is 10.7 Å². The molecule has 0 aliphatic rings. The van der Waals surface area contributed by atoms with Crippen molar-refractivity contribution >= 4 is 37.6 Å². The molecule has 2 aromatic rings. The zero-order valence-electron chi connectivity index (χ0n) is 9.55. The SMILES string of the molecule is O=S(=O)(NCc1ccncn1)c1ccc(Cl)c(Br)c1. The van der Waals surface area contributed by atoms with E-state index in [1.165, 1.54) is 24.5 Å². The molecule has 1 aromatic carbocycles. The summed E-state index contributed by atoms with van der Waals surface area (Å²) in [6.07, 6.45) is 2.91. The van der Waals surface area contributed by atoms with Crippen molar-refractivity contribution in [2.45, 2.75) is 11.4 Å². The lowest BCUT2D eigenvalue weighted by atomic mass is 10.4. The minimum absolute atomic E-state index is 0.102. The Morgan fingerprint density at radius 2 is 2.11 bits per heavy atom. The lowest BCUT2D eigenvalue weighted by Gasteiger charge is -2.07. The van der Waals surface area contributed by atoms with Gasteiger partial charge < -0.3 is 0 Å². The van der Waals surface area contributed by atoms with Crippen LogP contribution in [0.5, 0.6) is 0 Å². The first-order valence-electron chi connectivity index (χ1n) is 5.18. The fourth-order valence-corrected chi connectivity index (χ4v) is 2.99. The zero-order chi connectivity index (χ0) is 13.9. The summed E-state index contributed by atoms with van der Waals surface area (Å²) in [6.45, 7) is 0.102. The Morgan fingerprint density at radius 1 is 1.32 bits per heavy atom. The van der Waals surface area contributed by atoms with Gasteiger partial charge in [-0.1, -0.05) is 11.6 Å². The van der Waals surface area contributed by atoms with Gasteiger partial charge in [-0.15, -0.1) is 0 Å². The summed E-state index contributed by atoms with van der Waals surface area (Å²) < 4.78 is 27.1. The quantitative estimate of drug-likeness (QED) is 0.906. The number of hydrogen-bond donors (Lipinski definition) is 1. The summed E-state index contributed by atoms with van der Waals surface area (Å²) in [5.41, 5.74) is 0.589. The molecule has 0 saturated carbocycles. The van der Waals surface area contributed by atoms with Crippen molar-refractivity contribution in [3.05, 3.63) is 52.0 Å². The molecule has 0 radical (unpaired) electrons. The lowest BCUT2D eigenvalue weighted by Crippen LogP contribution is -2.23. The second-order valence-electron chi connectivity index (χ2n) is 3.60. The van der Waals surface area contributed by atoms with E-state index in [1.807, 2.05) is 0 Å². The standard InChI is InChI=1S/C11H9BrClN3O2S/c12-10-5-9(1-2-11(10)13)19(17,18)16-6-8-3-4-14-7-15-8/h1-5,7,16H,6H2. The highest BCUT2D eigenvalue weighted by Crippen LogP contribution is 2.25. The van der Waals surface area contributed by atoms with Crippen molar-refractivity contribution in [1.29, 1.82) is 0 Å². The molecule has 2 rings (SSSR count). The van der Waals surface area contributed by atoms with Crippen molar-refractivity contribution in [1.82, 2.24) is 14.7 Å². The fraction of sp³-hybridized carbons (Fsp3) is 0.0909. The predicted molar refractivity (Wildman–Crippen MR) is 75.2 cm³/mol. The zero-order valence-corrected chi connectivity index (χ0v) is 12.7. The highest BCUT2D eigenvalue weighted by molar-refractivity contribution is 9.10. The summed E-state index contributed by atoms with van der Waals surface area (Å²) in [7, 11) is -3.60. The average molecular weight is 363 g/mol. The average Bonchev–Trinajstić information content (AvgIpc) is 2.41. The molecule has 0 aliphatic carbocycles. The first kappa shape index (κ1) is 14.4. The molecule has 1 heterocycles. The molecule has 0 aliphatic heterocycles. The van der Waals surface area contributed by atoms with Crippen molar-refractivity contribution < 1.29 is 8.42 Å². The van der Waals surface area contributed by atoms with Gasteiger partial charge in [0.1, 0.15) is 6.33 Å². The van der Waals surface area contributed by atoms with E-state index in [4.69, 9.17) is 11.6 Å². The third-order valence-electron chi connectivity index (χ3n) is 2.29. The number of halogens is 2. The van der Waals surface area contributed by atoms with E-state index in [2.05, 4.69) is 30.6 Å². The van der Waals surface area contributed by atoms with Gasteiger partial charge in [-0.25, -0.2) is 23.1 Å². The van der Waals surface area contributed by atoms with Crippen LogP contribution in [0.25, 0.3) is 0 Å². The van der Waals surface area contributed by atoms with Gasteiger partial charge in [-0.05, 0) is 40.2 Å². The molecule has 1 aromatic heterocycles. The van der Waals surface area contributed by atoms with Crippen LogP contribution in [0.1, 0.15) is 5.69 Å². The monoisotopic (exact) mass is 361 g/mol. The highest BCUT2D eigenvalue weighted by Gasteiger charge is 2.15. The Morgan fingerprint density at radius 3 is 2.74 bits per heavy atom. The summed E-state index contributed by atoms with van der Waals surface area (Å²) in [4.78, 5) is 7.84. The number of rotatable bonds is 4. The summed E-state index contributed by atoms with van der Waals surface area (Å²) in [6, 6.07) is 6.05. The van der Waals surface area contributed by atoms with Crippen molar-refractivity contribution in [2.24, 2.45) is 0 Å². The molecular formula is C11H9BrClN3O2S. The van der Waals surface area contributed by atoms with E-state index in [0.29, 0.717) is 15.2 Å². The van der Waals surface area contributed by atoms with Crippen LogP contribution in [0.15, 0.2) is 46.2 Å². The number of nitrogens with zero attached hydrogens (tertiary/aromatic N) is 2. The fourth-order valence-electron chi connectivity index (χ4n) is 1.32. The molecule has 0 fully saturated rings. The summed E-state index contributed by atoms with van der Waals surface area (Å²) >= 11 is 9.01. The van der Waals surface area contributed by atoms with Crippen LogP contribution in [0.2, 0.25) is 5.02 Å². The highest BCUT2D eigenvalue weighted by atomic mass is 79.9. The topological polar surface area (TPSA) is 72.0 Å². The second kappa shape index (κ2) is 5.96. The Balaban J connectivity index is 2.16. The van der Waals surface area contributed by atoms with Crippen LogP contribution in [0, 0.1) is 0 Å². The Kier molecular flexibility index (Phi) is 4.51. The van der Waals surface area contributed by atoms with Gasteiger partial charge in [0.05, 0.1) is 22.2 Å². The third kappa shape index (κ3) is 3.73. The van der Waals surface area contributed by atoms with Crippen LogP contribution >= 0.6 is 27.5 Å². The maximum Gasteiger partial charge on any atom is 0.240 e. The maximum absolute atomic E-state index is 12.1. The van der Waals surface area contributed by atoms with Crippen LogP contribution in [0.4, 0.5) is 0 Å². The van der Waals surface area contributed by atoms with Crippen LogP contribution in [0.3, 0.4) is 0 Å². The van der Waals surface area contributed by atoms with Gasteiger partial charge in [0.15, 0.2) is 0 Å². The normalized spacial score (nSPS) is 11.5. The number of hydrogen-bond acceptors (Lipinski definition) is 4. The third-order valence-corrected chi connectivity index (χ3v) is 4.90. The molecule has 0 amide bonds. The molecule has 100 valence electrons. The van der Waals surface area contributed by atoms with Crippen LogP contribution < -0.4 is 4.72 Å². The Bertz CT molecular complexity index is 680. The van der Waals surface area contributed by atoms with Gasteiger partial charge >= 0.3 is 0 Å². The van der Waals surface area contributed by atoms with Gasteiger partial charge in [0.25, 0.3) is 0 Å². The maximum atomic E-state index is 12.1. The second-order valence-corrected chi connectivity index (χ2v) is 6.63. The van der Waals surface area contributed by atoms with Crippen LogP contribution in [-0.2, 0) is 16.6 Å². The molecule has 0 unspecified atom stereocenters. The van der Waals surface area contributed by atoms with E-state index in [0.717, 1.165) is 0 Å². The van der Waals surface area contributed by atoms with E-state index in [9.17, 15) is 8.42 Å². The number of nitrogens with one attached hydrogen (secondary N) is 1. The smallest absolute Gasteiger partial charge is 0.240 e. The summed E-state index contributed by atoms with van der Waals surface area (Å²) in [5.74, 6) is 0. The van der Waals surface area contributed by atoms with Crippen molar-refractivity contribution in [2.75, 3.05) is 0 Å². The molecule has 8 heteroatoms. The molecular weight excluding hydrogens is 354 g/mol. The number of aromatic nitrogens is 2. The van der Waals surface area contributed by atoms with E-state index in [-0.39, 0.29) is 11.4 Å².